The van der Waals surface area contributed by atoms with Gasteiger partial charge in [0.05, 0.1) is 24.7 Å². The fraction of sp³-hybridized carbons (Fsp3) is 0.400. The maximum Gasteiger partial charge on any atom is 0.0960 e. The molecule has 1 aromatic rings. The van der Waals surface area contributed by atoms with Crippen LogP contribution in [-0.4, -0.2) is 6.10 Å². The fourth-order valence-electron chi connectivity index (χ4n) is 1.54. The number of hydrogen-bond donors (Lipinski definition) is 0. The van der Waals surface area contributed by atoms with E-state index in [0.717, 1.165) is 18.4 Å². The summed E-state index contributed by atoms with van der Waals surface area (Å²) in [5.41, 5.74) is 1.14. The maximum atomic E-state index is 5.68. The van der Waals surface area contributed by atoms with Crippen LogP contribution in [0.3, 0.4) is 0 Å². The van der Waals surface area contributed by atoms with Crippen LogP contribution in [0.1, 0.15) is 24.5 Å². The van der Waals surface area contributed by atoms with E-state index in [-0.39, 0.29) is 12.2 Å². The molecule has 0 radical (unpaired) electrons. The summed E-state index contributed by atoms with van der Waals surface area (Å²) >= 11 is 0. The largest absolute Gasteiger partial charge is 0.472 e. The first-order chi connectivity index (χ1) is 5.90. The smallest absolute Gasteiger partial charge is 0.0960 e. The highest BCUT2D eigenvalue weighted by atomic mass is 16.5. The lowest BCUT2D eigenvalue weighted by molar-refractivity contribution is 0.0709. The van der Waals surface area contributed by atoms with E-state index in [4.69, 9.17) is 9.15 Å². The summed E-state index contributed by atoms with van der Waals surface area (Å²) in [7, 11) is 0. The SMILES string of the molecule is C=C[C@H]1CC[C@H](c2ccoc2)O1. The molecule has 0 saturated carbocycles. The number of hydrogen-bond acceptors (Lipinski definition) is 2. The Hall–Kier alpha value is -1.02. The molecule has 1 fully saturated rings. The highest BCUT2D eigenvalue weighted by molar-refractivity contribution is 5.11. The Morgan fingerprint density at radius 2 is 2.42 bits per heavy atom. The summed E-state index contributed by atoms with van der Waals surface area (Å²) in [5, 5.41) is 0. The Labute approximate surface area is 71.8 Å². The molecule has 2 nitrogen and oxygen atoms in total. The molecule has 2 heterocycles. The van der Waals surface area contributed by atoms with Crippen LogP contribution < -0.4 is 0 Å². The van der Waals surface area contributed by atoms with Crippen molar-refractivity contribution in [1.82, 2.24) is 0 Å². The third-order valence-corrected chi connectivity index (χ3v) is 2.23. The van der Waals surface area contributed by atoms with Crippen molar-refractivity contribution >= 4 is 0 Å². The van der Waals surface area contributed by atoms with Gasteiger partial charge in [-0.15, -0.1) is 6.58 Å². The van der Waals surface area contributed by atoms with E-state index in [1.54, 1.807) is 12.5 Å². The summed E-state index contributed by atoms with van der Waals surface area (Å²) in [4.78, 5) is 0. The predicted molar refractivity (Wildman–Crippen MR) is 45.8 cm³/mol. The Morgan fingerprint density at radius 1 is 1.50 bits per heavy atom. The van der Waals surface area contributed by atoms with Gasteiger partial charge < -0.3 is 9.15 Å². The summed E-state index contributed by atoms with van der Waals surface area (Å²) in [5.74, 6) is 0. The minimum Gasteiger partial charge on any atom is -0.472 e. The van der Waals surface area contributed by atoms with Gasteiger partial charge in [0.1, 0.15) is 0 Å². The number of rotatable bonds is 2. The third kappa shape index (κ3) is 1.30. The molecule has 2 atom stereocenters. The molecular formula is C10H12O2. The summed E-state index contributed by atoms with van der Waals surface area (Å²) in [6.45, 7) is 3.71. The Balaban J connectivity index is 2.04. The van der Waals surface area contributed by atoms with E-state index in [9.17, 15) is 0 Å². The predicted octanol–water partition coefficient (Wildman–Crippen LogP) is 2.69. The van der Waals surface area contributed by atoms with Gasteiger partial charge in [-0.2, -0.15) is 0 Å². The summed E-state index contributed by atoms with van der Waals surface area (Å²) in [6.07, 6.45) is 7.86. The molecule has 0 aliphatic carbocycles. The van der Waals surface area contributed by atoms with Crippen molar-refractivity contribution in [2.75, 3.05) is 0 Å². The first-order valence-corrected chi connectivity index (χ1v) is 4.20. The van der Waals surface area contributed by atoms with Crippen LogP contribution in [0.2, 0.25) is 0 Å². The molecule has 12 heavy (non-hydrogen) atoms. The third-order valence-electron chi connectivity index (χ3n) is 2.23. The molecule has 0 spiro atoms. The van der Waals surface area contributed by atoms with E-state index in [1.807, 2.05) is 12.1 Å². The van der Waals surface area contributed by atoms with E-state index in [2.05, 4.69) is 6.58 Å². The molecule has 2 heteroatoms. The van der Waals surface area contributed by atoms with Crippen molar-refractivity contribution in [3.8, 4) is 0 Å². The van der Waals surface area contributed by atoms with Gasteiger partial charge in [0.15, 0.2) is 0 Å². The van der Waals surface area contributed by atoms with Gasteiger partial charge in [-0.25, -0.2) is 0 Å². The second-order valence-corrected chi connectivity index (χ2v) is 3.03. The molecule has 0 amide bonds. The zero-order chi connectivity index (χ0) is 8.39. The van der Waals surface area contributed by atoms with E-state index >= 15 is 0 Å². The first kappa shape index (κ1) is 7.62. The van der Waals surface area contributed by atoms with Gasteiger partial charge in [0.25, 0.3) is 0 Å². The zero-order valence-electron chi connectivity index (χ0n) is 6.90. The van der Waals surface area contributed by atoms with Crippen LogP contribution in [0, 0.1) is 0 Å². The lowest BCUT2D eigenvalue weighted by atomic mass is 10.1. The molecule has 0 aromatic carbocycles. The summed E-state index contributed by atoms with van der Waals surface area (Å²) < 4.78 is 10.7. The maximum absolute atomic E-state index is 5.68. The van der Waals surface area contributed by atoms with Crippen molar-refractivity contribution in [2.24, 2.45) is 0 Å². The van der Waals surface area contributed by atoms with Crippen molar-refractivity contribution in [1.29, 1.82) is 0 Å². The Bertz CT molecular complexity index is 251. The molecule has 1 aliphatic heterocycles. The normalized spacial score (nSPS) is 29.0. The van der Waals surface area contributed by atoms with E-state index in [0.29, 0.717) is 0 Å². The molecular weight excluding hydrogens is 152 g/mol. The second-order valence-electron chi connectivity index (χ2n) is 3.03. The second kappa shape index (κ2) is 3.15. The number of ether oxygens (including phenoxy) is 1. The van der Waals surface area contributed by atoms with Crippen molar-refractivity contribution < 1.29 is 9.15 Å². The molecule has 0 N–H and O–H groups in total. The standard InChI is InChI=1S/C10H12O2/c1-2-9-3-4-10(12-9)8-5-6-11-7-8/h2,5-7,9-10H,1,3-4H2/t9-,10+/m0/s1. The molecule has 0 unspecified atom stereocenters. The highest BCUT2D eigenvalue weighted by Crippen LogP contribution is 2.32. The van der Waals surface area contributed by atoms with Crippen LogP contribution >= 0.6 is 0 Å². The van der Waals surface area contributed by atoms with Crippen LogP contribution in [0.5, 0.6) is 0 Å². The van der Waals surface area contributed by atoms with Crippen LogP contribution in [-0.2, 0) is 4.74 Å². The van der Waals surface area contributed by atoms with E-state index < -0.39 is 0 Å². The number of furan rings is 1. The molecule has 64 valence electrons. The van der Waals surface area contributed by atoms with Gasteiger partial charge in [0, 0.05) is 5.56 Å². The minimum absolute atomic E-state index is 0.215. The lowest BCUT2D eigenvalue weighted by Gasteiger charge is -2.07. The Kier molecular flexibility index (Phi) is 2.00. The van der Waals surface area contributed by atoms with Gasteiger partial charge >= 0.3 is 0 Å². The van der Waals surface area contributed by atoms with Gasteiger partial charge in [0.2, 0.25) is 0 Å². The molecule has 2 rings (SSSR count). The average molecular weight is 164 g/mol. The van der Waals surface area contributed by atoms with E-state index in [1.165, 1.54) is 0 Å². The van der Waals surface area contributed by atoms with Crippen molar-refractivity contribution in [3.05, 3.63) is 36.8 Å². The van der Waals surface area contributed by atoms with Crippen molar-refractivity contribution in [2.45, 2.75) is 25.0 Å². The van der Waals surface area contributed by atoms with Crippen LogP contribution in [0.15, 0.2) is 35.7 Å². The molecule has 1 saturated heterocycles. The minimum atomic E-state index is 0.215. The average Bonchev–Trinajstić information content (AvgIpc) is 2.75. The van der Waals surface area contributed by atoms with Gasteiger partial charge in [-0.3, -0.25) is 0 Å². The quantitative estimate of drug-likeness (QED) is 0.627. The molecule has 1 aromatic heterocycles. The lowest BCUT2D eigenvalue weighted by Crippen LogP contribution is -2.01. The van der Waals surface area contributed by atoms with Crippen LogP contribution in [0.25, 0.3) is 0 Å². The molecule has 1 aliphatic rings. The van der Waals surface area contributed by atoms with Crippen LogP contribution in [0.4, 0.5) is 0 Å². The van der Waals surface area contributed by atoms with Gasteiger partial charge in [-0.05, 0) is 18.9 Å². The fourth-order valence-corrected chi connectivity index (χ4v) is 1.54. The Morgan fingerprint density at radius 3 is 3.00 bits per heavy atom. The summed E-state index contributed by atoms with van der Waals surface area (Å²) in [6, 6.07) is 1.95. The zero-order valence-corrected chi connectivity index (χ0v) is 6.90. The first-order valence-electron chi connectivity index (χ1n) is 4.20. The monoisotopic (exact) mass is 164 g/mol. The van der Waals surface area contributed by atoms with Gasteiger partial charge in [-0.1, -0.05) is 6.08 Å². The molecule has 0 bridgehead atoms. The highest BCUT2D eigenvalue weighted by Gasteiger charge is 2.24. The van der Waals surface area contributed by atoms with Crippen molar-refractivity contribution in [3.63, 3.8) is 0 Å². The topological polar surface area (TPSA) is 22.4 Å².